The van der Waals surface area contributed by atoms with Crippen molar-refractivity contribution in [2.75, 3.05) is 0 Å². The van der Waals surface area contributed by atoms with E-state index >= 15 is 0 Å². The van der Waals surface area contributed by atoms with Crippen LogP contribution in [-0.2, 0) is 9.53 Å². The molecule has 110 valence electrons. The van der Waals surface area contributed by atoms with Crippen LogP contribution in [0.25, 0.3) is 0 Å². The first-order valence-electron chi connectivity index (χ1n) is 6.97. The Morgan fingerprint density at radius 2 is 1.79 bits per heavy atom. The van der Waals surface area contributed by atoms with Crippen molar-refractivity contribution >= 4 is 12.1 Å². The number of rotatable bonds is 4. The van der Waals surface area contributed by atoms with Crippen LogP contribution in [0.2, 0.25) is 0 Å². The number of carboxylic acids is 1. The summed E-state index contributed by atoms with van der Waals surface area (Å²) in [6, 6.07) is 0.163. The Kier molecular flexibility index (Phi) is 5.63. The van der Waals surface area contributed by atoms with Crippen molar-refractivity contribution in [3.8, 4) is 0 Å². The van der Waals surface area contributed by atoms with Gasteiger partial charge in [-0.25, -0.2) is 4.79 Å². The van der Waals surface area contributed by atoms with Crippen LogP contribution in [0.5, 0.6) is 0 Å². The largest absolute Gasteiger partial charge is 0.481 e. The molecule has 1 saturated carbocycles. The van der Waals surface area contributed by atoms with Gasteiger partial charge in [-0.1, -0.05) is 0 Å². The highest BCUT2D eigenvalue weighted by molar-refractivity contribution is 5.68. The molecule has 0 heterocycles. The number of nitrogens with one attached hydrogen (secondary N) is 1. The van der Waals surface area contributed by atoms with Gasteiger partial charge in [0.05, 0.1) is 0 Å². The highest BCUT2D eigenvalue weighted by Crippen LogP contribution is 2.28. The lowest BCUT2D eigenvalue weighted by Gasteiger charge is -2.29. The second kappa shape index (κ2) is 6.78. The predicted molar refractivity (Wildman–Crippen MR) is 72.0 cm³/mol. The Morgan fingerprint density at radius 3 is 2.26 bits per heavy atom. The third kappa shape index (κ3) is 7.03. The minimum atomic E-state index is -0.728. The first-order chi connectivity index (χ1) is 8.76. The van der Waals surface area contributed by atoms with E-state index in [0.29, 0.717) is 5.92 Å². The quantitative estimate of drug-likeness (QED) is 0.824. The third-order valence-corrected chi connectivity index (χ3v) is 3.33. The average molecular weight is 271 g/mol. The van der Waals surface area contributed by atoms with Crippen molar-refractivity contribution in [3.05, 3.63) is 0 Å². The van der Waals surface area contributed by atoms with Gasteiger partial charge in [-0.2, -0.15) is 0 Å². The van der Waals surface area contributed by atoms with Crippen molar-refractivity contribution in [2.24, 2.45) is 5.92 Å². The Balaban J connectivity index is 2.23. The zero-order valence-electron chi connectivity index (χ0n) is 12.1. The van der Waals surface area contributed by atoms with Gasteiger partial charge in [0.1, 0.15) is 5.60 Å². The molecule has 0 unspecified atom stereocenters. The van der Waals surface area contributed by atoms with Crippen LogP contribution in [0.15, 0.2) is 0 Å². The summed E-state index contributed by atoms with van der Waals surface area (Å²) in [6.07, 6.45) is 4.40. The molecule has 1 aliphatic rings. The lowest BCUT2D eigenvalue weighted by Crippen LogP contribution is -2.40. The standard InChI is InChI=1S/C14H25NO4/c1-14(2,3)19-13(18)15-11-7-4-10(5-8-11)6-9-12(16)17/h10-11H,4-9H2,1-3H3,(H,15,18)(H,16,17). The van der Waals surface area contributed by atoms with Gasteiger partial charge >= 0.3 is 12.1 Å². The smallest absolute Gasteiger partial charge is 0.407 e. The van der Waals surface area contributed by atoms with E-state index < -0.39 is 11.6 Å². The van der Waals surface area contributed by atoms with Crippen LogP contribution < -0.4 is 5.32 Å². The van der Waals surface area contributed by atoms with Crippen LogP contribution in [0.1, 0.15) is 59.3 Å². The number of amides is 1. The predicted octanol–water partition coefficient (Wildman–Crippen LogP) is 2.93. The normalized spacial score (nSPS) is 23.7. The molecule has 1 fully saturated rings. The number of hydrogen-bond acceptors (Lipinski definition) is 3. The van der Waals surface area contributed by atoms with Gasteiger partial charge in [-0.15, -0.1) is 0 Å². The summed E-state index contributed by atoms with van der Waals surface area (Å²) < 4.78 is 5.22. The van der Waals surface area contributed by atoms with E-state index in [4.69, 9.17) is 9.84 Å². The monoisotopic (exact) mass is 271 g/mol. The molecular formula is C14H25NO4. The average Bonchev–Trinajstić information content (AvgIpc) is 2.25. The maximum absolute atomic E-state index is 11.6. The van der Waals surface area contributed by atoms with Crippen LogP contribution in [0, 0.1) is 5.92 Å². The molecule has 5 nitrogen and oxygen atoms in total. The summed E-state index contributed by atoms with van der Waals surface area (Å²) in [5.74, 6) is -0.248. The zero-order chi connectivity index (χ0) is 14.5. The molecule has 0 atom stereocenters. The molecule has 0 bridgehead atoms. The number of carbonyl (C=O) groups excluding carboxylic acids is 1. The van der Waals surface area contributed by atoms with Crippen LogP contribution in [-0.4, -0.2) is 28.8 Å². The lowest BCUT2D eigenvalue weighted by atomic mass is 9.83. The number of aliphatic carboxylic acids is 1. The minimum absolute atomic E-state index is 0.163. The Labute approximate surface area is 114 Å². The van der Waals surface area contributed by atoms with Gasteiger partial charge in [-0.05, 0) is 58.8 Å². The van der Waals surface area contributed by atoms with Gasteiger partial charge in [-0.3, -0.25) is 4.79 Å². The zero-order valence-corrected chi connectivity index (χ0v) is 12.1. The third-order valence-electron chi connectivity index (χ3n) is 3.33. The molecular weight excluding hydrogens is 246 g/mol. The first-order valence-corrected chi connectivity index (χ1v) is 6.97. The Bertz CT molecular complexity index is 314. The van der Waals surface area contributed by atoms with Crippen molar-refractivity contribution in [2.45, 2.75) is 70.9 Å². The van der Waals surface area contributed by atoms with Crippen molar-refractivity contribution in [1.29, 1.82) is 0 Å². The van der Waals surface area contributed by atoms with E-state index in [0.717, 1.165) is 32.1 Å². The van der Waals surface area contributed by atoms with E-state index in [-0.39, 0.29) is 18.6 Å². The molecule has 1 aliphatic carbocycles. The van der Waals surface area contributed by atoms with Crippen molar-refractivity contribution in [3.63, 3.8) is 0 Å². The molecule has 5 heteroatoms. The van der Waals surface area contributed by atoms with Gasteiger partial charge in [0.15, 0.2) is 0 Å². The van der Waals surface area contributed by atoms with E-state index in [1.54, 1.807) is 0 Å². The molecule has 0 aromatic heterocycles. The Morgan fingerprint density at radius 1 is 1.21 bits per heavy atom. The second-order valence-corrected chi connectivity index (χ2v) is 6.30. The van der Waals surface area contributed by atoms with E-state index in [2.05, 4.69) is 5.32 Å². The molecule has 19 heavy (non-hydrogen) atoms. The highest BCUT2D eigenvalue weighted by atomic mass is 16.6. The number of alkyl carbamates (subject to hydrolysis) is 1. The maximum atomic E-state index is 11.6. The molecule has 1 rings (SSSR count). The fourth-order valence-electron chi connectivity index (χ4n) is 2.40. The maximum Gasteiger partial charge on any atom is 0.407 e. The molecule has 0 saturated heterocycles. The SMILES string of the molecule is CC(C)(C)OC(=O)NC1CCC(CCC(=O)O)CC1. The number of hydrogen-bond donors (Lipinski definition) is 2. The van der Waals surface area contributed by atoms with Crippen molar-refractivity contribution < 1.29 is 19.4 Å². The molecule has 0 aromatic rings. The first kappa shape index (κ1) is 15.8. The molecule has 0 radical (unpaired) electrons. The number of ether oxygens (including phenoxy) is 1. The summed E-state index contributed by atoms with van der Waals surface area (Å²) in [7, 11) is 0. The lowest BCUT2D eigenvalue weighted by molar-refractivity contribution is -0.137. The number of carbonyl (C=O) groups is 2. The highest BCUT2D eigenvalue weighted by Gasteiger charge is 2.24. The topological polar surface area (TPSA) is 75.6 Å². The fourth-order valence-corrected chi connectivity index (χ4v) is 2.40. The van der Waals surface area contributed by atoms with Gasteiger partial charge < -0.3 is 15.2 Å². The summed E-state index contributed by atoms with van der Waals surface area (Å²) >= 11 is 0. The number of carboxylic acid groups (broad SMARTS) is 1. The summed E-state index contributed by atoms with van der Waals surface area (Å²) in [4.78, 5) is 22.1. The summed E-state index contributed by atoms with van der Waals surface area (Å²) in [5, 5.41) is 11.5. The minimum Gasteiger partial charge on any atom is -0.481 e. The van der Waals surface area contributed by atoms with Gasteiger partial charge in [0, 0.05) is 12.5 Å². The second-order valence-electron chi connectivity index (χ2n) is 6.30. The summed E-state index contributed by atoms with van der Waals surface area (Å²) in [6.45, 7) is 5.53. The molecule has 0 aromatic carbocycles. The van der Waals surface area contributed by atoms with E-state index in [1.807, 2.05) is 20.8 Å². The van der Waals surface area contributed by atoms with Crippen molar-refractivity contribution in [1.82, 2.24) is 5.32 Å². The van der Waals surface area contributed by atoms with Gasteiger partial charge in [0.2, 0.25) is 0 Å². The van der Waals surface area contributed by atoms with Crippen LogP contribution >= 0.6 is 0 Å². The molecule has 0 spiro atoms. The van der Waals surface area contributed by atoms with Crippen LogP contribution in [0.4, 0.5) is 4.79 Å². The van der Waals surface area contributed by atoms with Gasteiger partial charge in [0.25, 0.3) is 0 Å². The Hall–Kier alpha value is -1.26. The fraction of sp³-hybridized carbons (Fsp3) is 0.857. The van der Waals surface area contributed by atoms with E-state index in [1.165, 1.54) is 0 Å². The molecule has 2 N–H and O–H groups in total. The van der Waals surface area contributed by atoms with Crippen LogP contribution in [0.3, 0.4) is 0 Å². The molecule has 1 amide bonds. The summed E-state index contributed by atoms with van der Waals surface area (Å²) in [5.41, 5.74) is -0.469. The molecule has 0 aliphatic heterocycles. The van der Waals surface area contributed by atoms with E-state index in [9.17, 15) is 9.59 Å².